The number of piperidine rings is 2. The van der Waals surface area contributed by atoms with Gasteiger partial charge in [0.2, 0.25) is 16.0 Å². The summed E-state index contributed by atoms with van der Waals surface area (Å²) in [5.74, 6) is 2.83. The van der Waals surface area contributed by atoms with Crippen LogP contribution in [0.5, 0.6) is 17.2 Å². The van der Waals surface area contributed by atoms with E-state index in [1.165, 1.54) is 37.0 Å². The zero-order valence-electron chi connectivity index (χ0n) is 29.1. The van der Waals surface area contributed by atoms with Gasteiger partial charge in [-0.3, -0.25) is 9.21 Å². The van der Waals surface area contributed by atoms with Gasteiger partial charge in [0.05, 0.1) is 54.3 Å². The molecule has 2 saturated heterocycles. The highest BCUT2D eigenvalue weighted by Crippen LogP contribution is 2.42. The lowest BCUT2D eigenvalue weighted by atomic mass is 9.97. The summed E-state index contributed by atoms with van der Waals surface area (Å²) in [6.07, 6.45) is 8.26. The molecule has 266 valence electrons. The summed E-state index contributed by atoms with van der Waals surface area (Å²) in [7, 11) is 5.71. The number of benzene rings is 2. The number of anilines is 6. The van der Waals surface area contributed by atoms with E-state index in [1.807, 2.05) is 24.3 Å². The number of likely N-dealkylation sites (tertiary alicyclic amines) is 1. The number of fused-ring (bicyclic) bond motifs is 1. The summed E-state index contributed by atoms with van der Waals surface area (Å²) >= 11 is 3.55. The number of rotatable bonds is 11. The lowest BCUT2D eigenvalue weighted by Crippen LogP contribution is -2.52. The van der Waals surface area contributed by atoms with Crippen molar-refractivity contribution in [2.45, 2.75) is 44.2 Å². The fraction of sp³-hybridized carbons (Fsp3) is 0.529. The van der Waals surface area contributed by atoms with Gasteiger partial charge >= 0.3 is 0 Å². The second-order valence-corrected chi connectivity index (χ2v) is 16.0. The van der Waals surface area contributed by atoms with Crippen molar-refractivity contribution in [2.75, 3.05) is 94.2 Å². The molecule has 3 aliphatic rings. The molecule has 0 saturated carbocycles. The van der Waals surface area contributed by atoms with Crippen LogP contribution in [-0.2, 0) is 16.4 Å². The van der Waals surface area contributed by atoms with Crippen molar-refractivity contribution in [3.8, 4) is 17.2 Å². The molecule has 3 aliphatic heterocycles. The Morgan fingerprint density at radius 3 is 2.43 bits per heavy atom. The average Bonchev–Trinajstić information content (AvgIpc) is 3.56. The zero-order valence-corrected chi connectivity index (χ0v) is 31.5. The van der Waals surface area contributed by atoms with Crippen LogP contribution >= 0.6 is 15.9 Å². The van der Waals surface area contributed by atoms with Crippen molar-refractivity contribution >= 4 is 60.5 Å². The van der Waals surface area contributed by atoms with Crippen LogP contribution in [-0.4, -0.2) is 115 Å². The zero-order chi connectivity index (χ0) is 34.9. The molecule has 0 aliphatic carbocycles. The average molecular weight is 760 g/mol. The minimum atomic E-state index is -3.52. The summed E-state index contributed by atoms with van der Waals surface area (Å²) in [4.78, 5) is 16.7. The predicted molar refractivity (Wildman–Crippen MR) is 198 cm³/mol. The first-order valence-electron chi connectivity index (χ1n) is 16.7. The topological polar surface area (TPSA) is 125 Å². The summed E-state index contributed by atoms with van der Waals surface area (Å²) in [6.45, 7) is 4.75. The Labute approximate surface area is 298 Å². The van der Waals surface area contributed by atoms with E-state index in [9.17, 15) is 8.42 Å². The van der Waals surface area contributed by atoms with Crippen molar-refractivity contribution in [1.82, 2.24) is 19.8 Å². The van der Waals surface area contributed by atoms with E-state index >= 15 is 0 Å². The molecule has 0 radical (unpaired) electrons. The van der Waals surface area contributed by atoms with Gasteiger partial charge in [0, 0.05) is 69.6 Å². The first-order chi connectivity index (χ1) is 23.4. The second kappa shape index (κ2) is 14.8. The number of methoxy groups -OCH3 is 2. The molecule has 1 unspecified atom stereocenters. The minimum Gasteiger partial charge on any atom is -0.494 e. The van der Waals surface area contributed by atoms with Gasteiger partial charge in [-0.05, 0) is 73.9 Å². The number of aromatic nitrogens is 2. The van der Waals surface area contributed by atoms with Gasteiger partial charge in [-0.2, -0.15) is 4.98 Å². The lowest BCUT2D eigenvalue weighted by molar-refractivity contribution is 0.0845. The predicted octanol–water partition coefficient (Wildman–Crippen LogP) is 5.07. The summed E-state index contributed by atoms with van der Waals surface area (Å²) in [5.41, 5.74) is 3.62. The number of sulfonamides is 1. The molecule has 2 N–H and O–H groups in total. The van der Waals surface area contributed by atoms with Crippen LogP contribution in [0.1, 0.15) is 31.2 Å². The first-order valence-corrected chi connectivity index (χ1v) is 19.3. The number of nitrogens with zero attached hydrogens (tertiary/aromatic N) is 6. The minimum absolute atomic E-state index is 0.313. The maximum Gasteiger partial charge on any atom is 0.232 e. The molecule has 15 heteroatoms. The van der Waals surface area contributed by atoms with Gasteiger partial charge in [0.25, 0.3) is 0 Å². The summed E-state index contributed by atoms with van der Waals surface area (Å²) in [5, 5.41) is 6.60. The monoisotopic (exact) mass is 758 g/mol. The van der Waals surface area contributed by atoms with Crippen LogP contribution in [0.3, 0.4) is 0 Å². The Morgan fingerprint density at radius 2 is 1.73 bits per heavy atom. The Hall–Kier alpha value is -3.53. The first kappa shape index (κ1) is 35.3. The standard InChI is InChI=1S/C34H47BrN8O5S/c1-40(2)24-8-7-12-43(21-24)23-9-13-42(14-10-23)29-19-31(46-4)27(18-32(29)47-5)38-34-36-20-25(35)33(39-34)37-26-17-30-22(11-15-48-30)16-28(26)41(3)49(6,44)45/h16-20,23-24H,7-15,21H2,1-6H3,(H2,36,37,38,39). The smallest absolute Gasteiger partial charge is 0.232 e. The summed E-state index contributed by atoms with van der Waals surface area (Å²) in [6, 6.07) is 8.81. The number of ether oxygens (including phenoxy) is 3. The van der Waals surface area contributed by atoms with Crippen LogP contribution in [0, 0.1) is 0 Å². The molecule has 1 atom stereocenters. The molecule has 2 fully saturated rings. The molecule has 0 spiro atoms. The second-order valence-electron chi connectivity index (χ2n) is 13.1. The molecule has 0 amide bonds. The van der Waals surface area contributed by atoms with Gasteiger partial charge in [0.15, 0.2) is 0 Å². The van der Waals surface area contributed by atoms with Gasteiger partial charge in [0.1, 0.15) is 23.1 Å². The Bertz CT molecular complexity index is 1770. The normalized spacial score (nSPS) is 18.6. The maximum atomic E-state index is 12.5. The largest absolute Gasteiger partial charge is 0.494 e. The Kier molecular flexibility index (Phi) is 10.6. The van der Waals surface area contributed by atoms with Gasteiger partial charge in [-0.1, -0.05) is 0 Å². The van der Waals surface area contributed by atoms with Crippen molar-refractivity contribution < 1.29 is 22.6 Å². The van der Waals surface area contributed by atoms with E-state index in [2.05, 4.69) is 60.3 Å². The number of nitrogens with one attached hydrogen (secondary N) is 2. The van der Waals surface area contributed by atoms with Gasteiger partial charge < -0.3 is 34.6 Å². The highest BCUT2D eigenvalue weighted by Gasteiger charge is 2.31. The van der Waals surface area contributed by atoms with Crippen molar-refractivity contribution in [2.24, 2.45) is 0 Å². The van der Waals surface area contributed by atoms with E-state index in [0.717, 1.165) is 49.5 Å². The van der Waals surface area contributed by atoms with Crippen LogP contribution in [0.2, 0.25) is 0 Å². The third-order valence-electron chi connectivity index (χ3n) is 9.87. The molecule has 13 nitrogen and oxygen atoms in total. The fourth-order valence-electron chi connectivity index (χ4n) is 6.95. The highest BCUT2D eigenvalue weighted by molar-refractivity contribution is 9.10. The van der Waals surface area contributed by atoms with Crippen LogP contribution in [0.15, 0.2) is 34.9 Å². The quantitative estimate of drug-likeness (QED) is 0.272. The van der Waals surface area contributed by atoms with E-state index < -0.39 is 10.0 Å². The van der Waals surface area contributed by atoms with Crippen molar-refractivity contribution in [3.05, 3.63) is 40.5 Å². The number of likely N-dealkylation sites (N-methyl/N-ethyl adjacent to an activating group) is 1. The third kappa shape index (κ3) is 7.79. The maximum absolute atomic E-state index is 12.5. The van der Waals surface area contributed by atoms with Crippen LogP contribution in [0.4, 0.5) is 34.5 Å². The van der Waals surface area contributed by atoms with Crippen LogP contribution in [0.25, 0.3) is 0 Å². The molecule has 6 rings (SSSR count). The van der Waals surface area contributed by atoms with Crippen LogP contribution < -0.4 is 34.0 Å². The number of hydrogen-bond donors (Lipinski definition) is 2. The summed E-state index contributed by atoms with van der Waals surface area (Å²) < 4.78 is 44.4. The third-order valence-corrected chi connectivity index (χ3v) is 11.6. The Balaban J connectivity index is 1.20. The molecule has 49 heavy (non-hydrogen) atoms. The SMILES string of the molecule is COc1cc(N2CCC(N3CCCC(N(C)C)C3)CC2)c(OC)cc1Nc1ncc(Br)c(Nc2cc3c(cc2N(C)S(C)(=O)=O)CCO3)n1. The van der Waals surface area contributed by atoms with Gasteiger partial charge in [-0.25, -0.2) is 13.4 Å². The molecular formula is C34H47BrN8O5S. The molecule has 3 aromatic rings. The fourth-order valence-corrected chi connectivity index (χ4v) is 7.75. The van der Waals surface area contributed by atoms with E-state index in [1.54, 1.807) is 20.4 Å². The molecule has 0 bridgehead atoms. The Morgan fingerprint density at radius 1 is 0.980 bits per heavy atom. The molecule has 1 aromatic heterocycles. The number of hydrogen-bond acceptors (Lipinski definition) is 12. The van der Waals surface area contributed by atoms with E-state index in [4.69, 9.17) is 19.2 Å². The molecule has 2 aromatic carbocycles. The van der Waals surface area contributed by atoms with E-state index in [-0.39, 0.29) is 0 Å². The highest BCUT2D eigenvalue weighted by atomic mass is 79.9. The van der Waals surface area contributed by atoms with Gasteiger partial charge in [-0.15, -0.1) is 0 Å². The van der Waals surface area contributed by atoms with E-state index in [0.29, 0.717) is 69.9 Å². The number of halogens is 1. The molecule has 4 heterocycles. The van der Waals surface area contributed by atoms with Crippen molar-refractivity contribution in [3.63, 3.8) is 0 Å². The lowest BCUT2D eigenvalue weighted by Gasteiger charge is -2.44. The molecular weight excluding hydrogens is 712 g/mol. The van der Waals surface area contributed by atoms with Crippen molar-refractivity contribution in [1.29, 1.82) is 0 Å².